The molecule has 0 aliphatic carbocycles. The molecule has 1 aromatic heterocycles. The first-order valence-corrected chi connectivity index (χ1v) is 5.71. The van der Waals surface area contributed by atoms with Gasteiger partial charge >= 0.3 is 5.97 Å². The van der Waals surface area contributed by atoms with Crippen LogP contribution in [0.25, 0.3) is 0 Å². The third kappa shape index (κ3) is 5.78. The Labute approximate surface area is 111 Å². The molecule has 0 unspecified atom stereocenters. The third-order valence-electron chi connectivity index (χ3n) is 2.37. The SMILES string of the molecule is COCCN(Cc1ccncc1)C(=O)C=CC(=O)O. The minimum atomic E-state index is -1.15. The van der Waals surface area contributed by atoms with Gasteiger partial charge in [-0.2, -0.15) is 0 Å². The maximum absolute atomic E-state index is 11.9. The Bertz CT molecular complexity index is 445. The highest BCUT2D eigenvalue weighted by Crippen LogP contribution is 2.04. The lowest BCUT2D eigenvalue weighted by atomic mass is 10.2. The zero-order valence-electron chi connectivity index (χ0n) is 10.7. The molecular formula is C13H16N2O4. The molecule has 6 heteroatoms. The number of hydrogen-bond donors (Lipinski definition) is 1. The van der Waals surface area contributed by atoms with Crippen molar-refractivity contribution in [2.24, 2.45) is 0 Å². The predicted molar refractivity (Wildman–Crippen MR) is 68.3 cm³/mol. The van der Waals surface area contributed by atoms with Gasteiger partial charge in [-0.3, -0.25) is 9.78 Å². The lowest BCUT2D eigenvalue weighted by molar-refractivity contribution is -0.132. The topological polar surface area (TPSA) is 79.7 Å². The van der Waals surface area contributed by atoms with Crippen molar-refractivity contribution >= 4 is 11.9 Å². The number of methoxy groups -OCH3 is 1. The highest BCUT2D eigenvalue weighted by molar-refractivity contribution is 5.93. The van der Waals surface area contributed by atoms with Gasteiger partial charge in [0.05, 0.1) is 6.61 Å². The van der Waals surface area contributed by atoms with Crippen molar-refractivity contribution in [3.05, 3.63) is 42.2 Å². The van der Waals surface area contributed by atoms with Gasteiger partial charge in [0.1, 0.15) is 0 Å². The van der Waals surface area contributed by atoms with Gasteiger partial charge in [0.2, 0.25) is 5.91 Å². The van der Waals surface area contributed by atoms with E-state index < -0.39 is 5.97 Å². The Morgan fingerprint density at radius 3 is 2.63 bits per heavy atom. The zero-order chi connectivity index (χ0) is 14.1. The summed E-state index contributed by atoms with van der Waals surface area (Å²) in [6, 6.07) is 3.60. The van der Waals surface area contributed by atoms with Crippen LogP contribution in [0.5, 0.6) is 0 Å². The molecule has 0 bridgehead atoms. The average Bonchev–Trinajstić information content (AvgIpc) is 2.41. The Hall–Kier alpha value is -2.21. The predicted octanol–water partition coefficient (Wildman–Crippen LogP) is 0.697. The second kappa shape index (κ2) is 7.99. The minimum absolute atomic E-state index is 0.365. The number of aromatic nitrogens is 1. The van der Waals surface area contributed by atoms with E-state index in [4.69, 9.17) is 9.84 Å². The van der Waals surface area contributed by atoms with E-state index in [9.17, 15) is 9.59 Å². The molecule has 0 aliphatic rings. The summed E-state index contributed by atoms with van der Waals surface area (Å²) in [5, 5.41) is 8.52. The molecule has 0 fully saturated rings. The molecule has 0 aliphatic heterocycles. The Balaban J connectivity index is 2.71. The first-order valence-electron chi connectivity index (χ1n) is 5.71. The summed E-state index contributed by atoms with van der Waals surface area (Å²) in [7, 11) is 1.54. The van der Waals surface area contributed by atoms with E-state index in [1.165, 1.54) is 4.90 Å². The number of carbonyl (C=O) groups excluding carboxylic acids is 1. The van der Waals surface area contributed by atoms with Crippen LogP contribution in [0.15, 0.2) is 36.7 Å². The largest absolute Gasteiger partial charge is 0.478 e. The van der Waals surface area contributed by atoms with E-state index >= 15 is 0 Å². The number of nitrogens with zero attached hydrogens (tertiary/aromatic N) is 2. The van der Waals surface area contributed by atoms with Crippen molar-refractivity contribution in [3.63, 3.8) is 0 Å². The number of aliphatic carboxylic acids is 1. The summed E-state index contributed by atoms with van der Waals surface area (Å²) in [6.45, 7) is 1.16. The number of hydrogen-bond acceptors (Lipinski definition) is 4. The number of amides is 1. The first-order chi connectivity index (χ1) is 9.13. The maximum Gasteiger partial charge on any atom is 0.328 e. The van der Waals surface area contributed by atoms with Crippen LogP contribution in [0.1, 0.15) is 5.56 Å². The standard InChI is InChI=1S/C13H16N2O4/c1-19-9-8-15(12(16)2-3-13(17)18)10-11-4-6-14-7-5-11/h2-7H,8-10H2,1H3,(H,17,18). The van der Waals surface area contributed by atoms with Crippen molar-refractivity contribution in [3.8, 4) is 0 Å². The van der Waals surface area contributed by atoms with Gasteiger partial charge in [0, 0.05) is 44.7 Å². The molecule has 1 aromatic rings. The Kier molecular flexibility index (Phi) is 6.25. The van der Waals surface area contributed by atoms with Crippen molar-refractivity contribution in [1.29, 1.82) is 0 Å². The lowest BCUT2D eigenvalue weighted by Crippen LogP contribution is -2.32. The van der Waals surface area contributed by atoms with Crippen molar-refractivity contribution in [2.45, 2.75) is 6.54 Å². The van der Waals surface area contributed by atoms with Gasteiger partial charge in [-0.25, -0.2) is 4.79 Å². The molecule has 0 aromatic carbocycles. The maximum atomic E-state index is 11.9. The molecule has 102 valence electrons. The fourth-order valence-electron chi connectivity index (χ4n) is 1.43. The molecule has 19 heavy (non-hydrogen) atoms. The van der Waals surface area contributed by atoms with Crippen LogP contribution in [0.3, 0.4) is 0 Å². The Morgan fingerprint density at radius 2 is 2.05 bits per heavy atom. The van der Waals surface area contributed by atoms with Crippen molar-refractivity contribution in [1.82, 2.24) is 9.88 Å². The van der Waals surface area contributed by atoms with Crippen LogP contribution in [0, 0.1) is 0 Å². The molecule has 0 radical (unpaired) electrons. The molecule has 1 amide bonds. The molecule has 1 rings (SSSR count). The summed E-state index contributed by atoms with van der Waals surface area (Å²) < 4.78 is 4.94. The quantitative estimate of drug-likeness (QED) is 0.733. The smallest absolute Gasteiger partial charge is 0.328 e. The molecular weight excluding hydrogens is 248 g/mol. The first kappa shape index (κ1) is 14.8. The highest BCUT2D eigenvalue weighted by Gasteiger charge is 2.11. The molecule has 6 nitrogen and oxygen atoms in total. The number of pyridine rings is 1. The van der Waals surface area contributed by atoms with E-state index in [0.717, 1.165) is 17.7 Å². The van der Waals surface area contributed by atoms with Crippen LogP contribution in [0.4, 0.5) is 0 Å². The van der Waals surface area contributed by atoms with Crippen LogP contribution in [-0.4, -0.2) is 47.1 Å². The van der Waals surface area contributed by atoms with E-state index in [1.807, 2.05) is 0 Å². The summed E-state index contributed by atoms with van der Waals surface area (Å²) in [6.07, 6.45) is 5.15. The summed E-state index contributed by atoms with van der Waals surface area (Å²) in [4.78, 5) is 27.7. The van der Waals surface area contributed by atoms with Gasteiger partial charge in [-0.1, -0.05) is 0 Å². The fourth-order valence-corrected chi connectivity index (χ4v) is 1.43. The summed E-state index contributed by atoms with van der Waals surface area (Å²) in [5.74, 6) is -1.51. The molecule has 0 saturated heterocycles. The highest BCUT2D eigenvalue weighted by atomic mass is 16.5. The second-order valence-electron chi connectivity index (χ2n) is 3.78. The second-order valence-corrected chi connectivity index (χ2v) is 3.78. The monoisotopic (exact) mass is 264 g/mol. The molecule has 1 heterocycles. The number of carbonyl (C=O) groups is 2. The molecule has 0 spiro atoms. The van der Waals surface area contributed by atoms with Gasteiger partial charge in [-0.15, -0.1) is 0 Å². The van der Waals surface area contributed by atoms with E-state index in [2.05, 4.69) is 4.98 Å². The van der Waals surface area contributed by atoms with E-state index in [0.29, 0.717) is 19.7 Å². The molecule has 0 saturated carbocycles. The molecule has 1 N–H and O–H groups in total. The van der Waals surface area contributed by atoms with Gasteiger partial charge in [-0.05, 0) is 17.7 Å². The number of rotatable bonds is 7. The van der Waals surface area contributed by atoms with Crippen molar-refractivity contribution in [2.75, 3.05) is 20.3 Å². The number of carboxylic acids is 1. The summed E-state index contributed by atoms with van der Waals surface area (Å²) >= 11 is 0. The van der Waals surface area contributed by atoms with Crippen LogP contribution < -0.4 is 0 Å². The lowest BCUT2D eigenvalue weighted by Gasteiger charge is -2.20. The van der Waals surface area contributed by atoms with Crippen molar-refractivity contribution < 1.29 is 19.4 Å². The number of ether oxygens (including phenoxy) is 1. The van der Waals surface area contributed by atoms with E-state index in [-0.39, 0.29) is 5.91 Å². The van der Waals surface area contributed by atoms with Gasteiger partial charge < -0.3 is 14.7 Å². The minimum Gasteiger partial charge on any atom is -0.478 e. The average molecular weight is 264 g/mol. The third-order valence-corrected chi connectivity index (χ3v) is 2.37. The zero-order valence-corrected chi connectivity index (χ0v) is 10.7. The van der Waals surface area contributed by atoms with Crippen LogP contribution in [-0.2, 0) is 20.9 Å². The molecule has 0 atom stereocenters. The van der Waals surface area contributed by atoms with Gasteiger partial charge in [0.25, 0.3) is 0 Å². The van der Waals surface area contributed by atoms with E-state index in [1.54, 1.807) is 31.6 Å². The van der Waals surface area contributed by atoms with Gasteiger partial charge in [0.15, 0.2) is 0 Å². The van der Waals surface area contributed by atoms with Crippen LogP contribution >= 0.6 is 0 Å². The normalized spacial score (nSPS) is 10.6. The summed E-state index contributed by atoms with van der Waals surface area (Å²) in [5.41, 5.74) is 0.920. The van der Waals surface area contributed by atoms with Crippen LogP contribution in [0.2, 0.25) is 0 Å². The number of carboxylic acid groups (broad SMARTS) is 1. The fraction of sp³-hybridized carbons (Fsp3) is 0.308. The Morgan fingerprint density at radius 1 is 1.37 bits per heavy atom.